The zero-order chi connectivity index (χ0) is 20.3. The van der Waals surface area contributed by atoms with E-state index in [2.05, 4.69) is 37.6 Å². The molecule has 1 aliphatic rings. The predicted molar refractivity (Wildman–Crippen MR) is 118 cm³/mol. The summed E-state index contributed by atoms with van der Waals surface area (Å²) in [6.45, 7) is 2.22. The van der Waals surface area contributed by atoms with Gasteiger partial charge in [0.1, 0.15) is 12.4 Å². The van der Waals surface area contributed by atoms with Gasteiger partial charge < -0.3 is 25.3 Å². The number of anilines is 3. The number of pyridine rings is 1. The van der Waals surface area contributed by atoms with Crippen molar-refractivity contribution in [1.29, 1.82) is 0 Å². The third kappa shape index (κ3) is 3.77. The van der Waals surface area contributed by atoms with Gasteiger partial charge in [-0.05, 0) is 35.9 Å². The number of fused-ring (bicyclic) bond motifs is 2. The maximum Gasteiger partial charge on any atom is 0.323 e. The molecule has 0 spiro atoms. The summed E-state index contributed by atoms with van der Waals surface area (Å²) >= 11 is 0. The summed E-state index contributed by atoms with van der Waals surface area (Å²) in [6.07, 6.45) is 3.45. The molecule has 5 rings (SSSR count). The number of carbonyl (C=O) groups is 1. The molecule has 150 valence electrons. The molecule has 2 amide bonds. The molecule has 0 unspecified atom stereocenters. The molecule has 0 saturated carbocycles. The average molecular weight is 399 g/mol. The number of hydrogen-bond donors (Lipinski definition) is 3. The number of nitrogens with zero attached hydrogens (tertiary/aromatic N) is 2. The molecule has 2 aromatic heterocycles. The highest BCUT2D eigenvalue weighted by Gasteiger charge is 2.19. The van der Waals surface area contributed by atoms with Crippen LogP contribution in [0.2, 0.25) is 0 Å². The molecule has 0 atom stereocenters. The number of nitrogens with one attached hydrogen (secondary N) is 3. The van der Waals surface area contributed by atoms with E-state index < -0.39 is 0 Å². The van der Waals surface area contributed by atoms with Crippen molar-refractivity contribution in [2.75, 3.05) is 28.7 Å². The van der Waals surface area contributed by atoms with Crippen molar-refractivity contribution in [3.8, 4) is 5.75 Å². The number of ether oxygens (including phenoxy) is 1. The van der Waals surface area contributed by atoms with Crippen molar-refractivity contribution >= 4 is 34.1 Å². The van der Waals surface area contributed by atoms with Crippen molar-refractivity contribution in [3.05, 3.63) is 78.6 Å². The number of H-pyrrole nitrogens is 1. The van der Waals surface area contributed by atoms with Crippen LogP contribution in [0.15, 0.2) is 73.1 Å². The number of rotatable bonds is 4. The molecule has 0 radical (unpaired) electrons. The summed E-state index contributed by atoms with van der Waals surface area (Å²) in [5, 5.41) is 5.72. The van der Waals surface area contributed by atoms with Crippen LogP contribution in [0, 0.1) is 0 Å². The Morgan fingerprint density at radius 1 is 1.07 bits per heavy atom. The largest absolute Gasteiger partial charge is 0.490 e. The molecule has 0 saturated heterocycles. The first-order valence-electron chi connectivity index (χ1n) is 9.81. The number of aromatic nitrogens is 2. The highest BCUT2D eigenvalue weighted by molar-refractivity contribution is 6.00. The monoisotopic (exact) mass is 399 g/mol. The van der Waals surface area contributed by atoms with Gasteiger partial charge in [-0.15, -0.1) is 0 Å². The first-order chi connectivity index (χ1) is 14.7. The van der Waals surface area contributed by atoms with Crippen molar-refractivity contribution in [1.82, 2.24) is 9.97 Å². The Bertz CT molecular complexity index is 1190. The van der Waals surface area contributed by atoms with E-state index in [0.29, 0.717) is 18.0 Å². The topological polar surface area (TPSA) is 82.3 Å². The maximum absolute atomic E-state index is 12.5. The Hall–Kier alpha value is -4.00. The van der Waals surface area contributed by atoms with Gasteiger partial charge in [0.15, 0.2) is 0 Å². The van der Waals surface area contributed by atoms with Crippen LogP contribution in [0.1, 0.15) is 5.56 Å². The summed E-state index contributed by atoms with van der Waals surface area (Å²) in [4.78, 5) is 22.2. The zero-order valence-electron chi connectivity index (χ0n) is 16.3. The number of urea groups is 1. The minimum atomic E-state index is -0.325. The van der Waals surface area contributed by atoms with Gasteiger partial charge in [0.2, 0.25) is 0 Å². The fourth-order valence-electron chi connectivity index (χ4n) is 3.61. The molecule has 7 heteroatoms. The van der Waals surface area contributed by atoms with E-state index >= 15 is 0 Å². The first kappa shape index (κ1) is 18.1. The van der Waals surface area contributed by atoms with Crippen LogP contribution in [-0.2, 0) is 6.54 Å². The van der Waals surface area contributed by atoms with Crippen LogP contribution in [-0.4, -0.2) is 29.2 Å². The van der Waals surface area contributed by atoms with E-state index in [1.54, 1.807) is 6.20 Å². The minimum Gasteiger partial charge on any atom is -0.490 e. The molecule has 0 bridgehead atoms. The van der Waals surface area contributed by atoms with Crippen LogP contribution >= 0.6 is 0 Å². The van der Waals surface area contributed by atoms with Gasteiger partial charge in [-0.2, -0.15) is 0 Å². The molecule has 0 aliphatic carbocycles. The second-order valence-corrected chi connectivity index (χ2v) is 7.15. The Labute approximate surface area is 173 Å². The van der Waals surface area contributed by atoms with Crippen LogP contribution in [0.4, 0.5) is 21.9 Å². The SMILES string of the molecule is O=C(Nc1ccc2c(c1)N(Cc1ccccc1)CCO2)Nc1cnc2cc[nH]c2c1. The molecule has 3 N–H and O–H groups in total. The van der Waals surface area contributed by atoms with Crippen molar-refractivity contribution < 1.29 is 9.53 Å². The van der Waals surface area contributed by atoms with Gasteiger partial charge in [0, 0.05) is 18.4 Å². The predicted octanol–water partition coefficient (Wildman–Crippen LogP) is 4.61. The third-order valence-electron chi connectivity index (χ3n) is 5.05. The summed E-state index contributed by atoms with van der Waals surface area (Å²) in [7, 11) is 0. The molecule has 2 aromatic carbocycles. The van der Waals surface area contributed by atoms with Crippen LogP contribution in [0.3, 0.4) is 0 Å². The van der Waals surface area contributed by atoms with Crippen molar-refractivity contribution in [3.63, 3.8) is 0 Å². The van der Waals surface area contributed by atoms with Crippen LogP contribution in [0.25, 0.3) is 11.0 Å². The molecule has 30 heavy (non-hydrogen) atoms. The summed E-state index contributed by atoms with van der Waals surface area (Å²) in [6, 6.07) is 19.4. The zero-order valence-corrected chi connectivity index (χ0v) is 16.3. The Morgan fingerprint density at radius 2 is 1.93 bits per heavy atom. The lowest BCUT2D eigenvalue weighted by atomic mass is 10.1. The highest BCUT2D eigenvalue weighted by atomic mass is 16.5. The fourth-order valence-corrected chi connectivity index (χ4v) is 3.61. The first-order valence-corrected chi connectivity index (χ1v) is 9.81. The van der Waals surface area contributed by atoms with Crippen molar-refractivity contribution in [2.24, 2.45) is 0 Å². The number of hydrogen-bond acceptors (Lipinski definition) is 4. The Morgan fingerprint density at radius 3 is 2.83 bits per heavy atom. The van der Waals surface area contributed by atoms with Gasteiger partial charge in [-0.3, -0.25) is 4.98 Å². The highest BCUT2D eigenvalue weighted by Crippen LogP contribution is 2.35. The summed E-state index contributed by atoms with van der Waals surface area (Å²) in [5.41, 5.74) is 5.24. The Balaban J connectivity index is 1.31. The van der Waals surface area contributed by atoms with E-state index in [0.717, 1.165) is 35.6 Å². The molecular weight excluding hydrogens is 378 g/mol. The minimum absolute atomic E-state index is 0.325. The van der Waals surface area contributed by atoms with Crippen LogP contribution < -0.4 is 20.3 Å². The lowest BCUT2D eigenvalue weighted by molar-refractivity contribution is 0.262. The summed E-state index contributed by atoms with van der Waals surface area (Å²) < 4.78 is 5.80. The smallest absolute Gasteiger partial charge is 0.323 e. The molecule has 7 nitrogen and oxygen atoms in total. The van der Waals surface area contributed by atoms with E-state index in [1.165, 1.54) is 5.56 Å². The second kappa shape index (κ2) is 7.79. The van der Waals surface area contributed by atoms with E-state index in [4.69, 9.17) is 4.74 Å². The second-order valence-electron chi connectivity index (χ2n) is 7.15. The molecule has 0 fully saturated rings. The number of carbonyl (C=O) groups excluding carboxylic acids is 1. The van der Waals surface area contributed by atoms with E-state index in [9.17, 15) is 4.79 Å². The van der Waals surface area contributed by atoms with E-state index in [1.807, 2.05) is 54.7 Å². The average Bonchev–Trinajstić information content (AvgIpc) is 3.23. The lowest BCUT2D eigenvalue weighted by Crippen LogP contribution is -2.32. The van der Waals surface area contributed by atoms with Gasteiger partial charge in [0.05, 0.1) is 35.1 Å². The molecule has 1 aliphatic heterocycles. The Kier molecular flexibility index (Phi) is 4.69. The number of amides is 2. The third-order valence-corrected chi connectivity index (χ3v) is 5.05. The van der Waals surface area contributed by atoms with Gasteiger partial charge in [-0.1, -0.05) is 30.3 Å². The normalized spacial score (nSPS) is 12.9. The maximum atomic E-state index is 12.5. The van der Waals surface area contributed by atoms with E-state index in [-0.39, 0.29) is 6.03 Å². The van der Waals surface area contributed by atoms with Crippen LogP contribution in [0.5, 0.6) is 5.75 Å². The summed E-state index contributed by atoms with van der Waals surface area (Å²) in [5.74, 6) is 0.824. The molecule has 4 aromatic rings. The van der Waals surface area contributed by atoms with Crippen molar-refractivity contribution in [2.45, 2.75) is 6.54 Å². The quantitative estimate of drug-likeness (QED) is 0.468. The molecule has 3 heterocycles. The standard InChI is InChI=1S/C23H21N5O2/c29-23(27-18-12-20-19(25-14-18)8-9-24-20)26-17-6-7-22-21(13-17)28(10-11-30-22)15-16-4-2-1-3-5-16/h1-9,12-14,24H,10-11,15H2,(H2,26,27,29). The van der Waals surface area contributed by atoms with Gasteiger partial charge in [-0.25, -0.2) is 4.79 Å². The number of aromatic amines is 1. The van der Waals surface area contributed by atoms with Gasteiger partial charge in [0.25, 0.3) is 0 Å². The molecular formula is C23H21N5O2. The fraction of sp³-hybridized carbons (Fsp3) is 0.130. The lowest BCUT2D eigenvalue weighted by Gasteiger charge is -2.31. The van der Waals surface area contributed by atoms with Gasteiger partial charge >= 0.3 is 6.03 Å². The number of benzene rings is 2.